The average molecular weight is 318 g/mol. The number of aliphatic hydroxyl groups is 1. The zero-order valence-corrected chi connectivity index (χ0v) is 14.6. The Morgan fingerprint density at radius 3 is 2.39 bits per heavy atom. The number of benzene rings is 1. The summed E-state index contributed by atoms with van der Waals surface area (Å²) in [5, 5.41) is 12.5. The third-order valence-electron chi connectivity index (χ3n) is 4.51. The van der Waals surface area contributed by atoms with Crippen molar-refractivity contribution in [1.82, 2.24) is 10.2 Å². The van der Waals surface area contributed by atoms with E-state index in [-0.39, 0.29) is 17.4 Å². The van der Waals surface area contributed by atoms with Gasteiger partial charge in [-0.15, -0.1) is 0 Å². The number of carbonyl (C=O) groups excluding carboxylic acids is 1. The highest BCUT2D eigenvalue weighted by Crippen LogP contribution is 2.22. The third kappa shape index (κ3) is 5.63. The molecule has 1 heterocycles. The summed E-state index contributed by atoms with van der Waals surface area (Å²) in [6.07, 6.45) is 2.56. The van der Waals surface area contributed by atoms with E-state index in [2.05, 4.69) is 31.0 Å². The summed E-state index contributed by atoms with van der Waals surface area (Å²) in [7, 11) is 0. The molecule has 4 heteroatoms. The van der Waals surface area contributed by atoms with Crippen molar-refractivity contribution in [3.63, 3.8) is 0 Å². The van der Waals surface area contributed by atoms with Gasteiger partial charge in [0.25, 0.3) is 5.91 Å². The van der Waals surface area contributed by atoms with E-state index in [0.717, 1.165) is 44.5 Å². The van der Waals surface area contributed by atoms with E-state index >= 15 is 0 Å². The van der Waals surface area contributed by atoms with Gasteiger partial charge in [-0.05, 0) is 48.9 Å². The Hall–Kier alpha value is -1.39. The van der Waals surface area contributed by atoms with E-state index in [0.29, 0.717) is 6.54 Å². The second-order valence-electron chi connectivity index (χ2n) is 7.51. The molecule has 0 radical (unpaired) electrons. The lowest BCUT2D eigenvalue weighted by Crippen LogP contribution is -2.37. The minimum absolute atomic E-state index is 0.000439. The normalized spacial score (nSPS) is 17.2. The Morgan fingerprint density at radius 2 is 1.83 bits per heavy atom. The topological polar surface area (TPSA) is 52.6 Å². The fourth-order valence-corrected chi connectivity index (χ4v) is 2.87. The van der Waals surface area contributed by atoms with Crippen LogP contribution in [0.15, 0.2) is 24.3 Å². The van der Waals surface area contributed by atoms with Crippen molar-refractivity contribution in [2.24, 2.45) is 0 Å². The van der Waals surface area contributed by atoms with Gasteiger partial charge in [0.1, 0.15) is 0 Å². The van der Waals surface area contributed by atoms with Gasteiger partial charge in [0.2, 0.25) is 0 Å². The average Bonchev–Trinajstić information content (AvgIpc) is 2.52. The van der Waals surface area contributed by atoms with Crippen LogP contribution in [0.2, 0.25) is 0 Å². The Bertz CT molecular complexity index is 497. The molecule has 2 N–H and O–H groups in total. The smallest absolute Gasteiger partial charge is 0.251 e. The maximum atomic E-state index is 12.1. The Labute approximate surface area is 139 Å². The number of nitrogens with zero attached hydrogens (tertiary/aromatic N) is 1. The van der Waals surface area contributed by atoms with E-state index in [9.17, 15) is 9.90 Å². The summed E-state index contributed by atoms with van der Waals surface area (Å²) in [4.78, 5) is 14.5. The van der Waals surface area contributed by atoms with Crippen LogP contribution in [0.1, 0.15) is 56.0 Å². The predicted molar refractivity (Wildman–Crippen MR) is 93.8 cm³/mol. The van der Waals surface area contributed by atoms with E-state index in [1.54, 1.807) is 0 Å². The maximum absolute atomic E-state index is 12.1. The molecule has 1 aliphatic heterocycles. The second kappa shape index (κ2) is 7.93. The zero-order valence-electron chi connectivity index (χ0n) is 14.6. The van der Waals surface area contributed by atoms with Crippen LogP contribution in [0.4, 0.5) is 0 Å². The molecule has 1 amide bonds. The molecular formula is C19H30N2O2. The summed E-state index contributed by atoms with van der Waals surface area (Å²) in [5.41, 5.74) is 2.07. The number of piperidine rings is 1. The molecule has 0 saturated carbocycles. The van der Waals surface area contributed by atoms with Gasteiger partial charge in [-0.3, -0.25) is 4.79 Å². The molecule has 1 aliphatic rings. The molecule has 128 valence electrons. The molecule has 0 unspecified atom stereocenters. The Balaban J connectivity index is 1.70. The Kier molecular flexibility index (Phi) is 6.19. The van der Waals surface area contributed by atoms with Crippen molar-refractivity contribution in [2.75, 3.05) is 26.2 Å². The number of aliphatic hydroxyl groups excluding tert-OH is 1. The van der Waals surface area contributed by atoms with Crippen LogP contribution in [0.3, 0.4) is 0 Å². The van der Waals surface area contributed by atoms with Crippen LogP contribution < -0.4 is 5.32 Å². The van der Waals surface area contributed by atoms with E-state index in [1.165, 1.54) is 5.56 Å². The van der Waals surface area contributed by atoms with Gasteiger partial charge in [0.05, 0.1) is 6.10 Å². The zero-order chi connectivity index (χ0) is 16.9. The molecule has 1 fully saturated rings. The van der Waals surface area contributed by atoms with Crippen LogP contribution in [0.25, 0.3) is 0 Å². The SMILES string of the molecule is CC(C)(C)c1ccc(C(=O)NCCCN2CCC(O)CC2)cc1. The van der Waals surface area contributed by atoms with E-state index < -0.39 is 0 Å². The fourth-order valence-electron chi connectivity index (χ4n) is 2.87. The van der Waals surface area contributed by atoms with Crippen LogP contribution in [0.5, 0.6) is 0 Å². The highest BCUT2D eigenvalue weighted by atomic mass is 16.3. The number of likely N-dealkylation sites (tertiary alicyclic amines) is 1. The van der Waals surface area contributed by atoms with Crippen molar-refractivity contribution in [2.45, 2.75) is 51.6 Å². The van der Waals surface area contributed by atoms with Crippen molar-refractivity contribution in [1.29, 1.82) is 0 Å². The van der Waals surface area contributed by atoms with Gasteiger partial charge >= 0.3 is 0 Å². The quantitative estimate of drug-likeness (QED) is 0.821. The van der Waals surface area contributed by atoms with Gasteiger partial charge in [0.15, 0.2) is 0 Å². The summed E-state index contributed by atoms with van der Waals surface area (Å²) >= 11 is 0. The number of hydrogen-bond acceptors (Lipinski definition) is 3. The largest absolute Gasteiger partial charge is 0.393 e. The van der Waals surface area contributed by atoms with Gasteiger partial charge in [-0.1, -0.05) is 32.9 Å². The number of hydrogen-bond donors (Lipinski definition) is 2. The predicted octanol–water partition coefficient (Wildman–Crippen LogP) is 2.56. The van der Waals surface area contributed by atoms with Crippen LogP contribution in [-0.2, 0) is 5.41 Å². The molecule has 1 aromatic carbocycles. The maximum Gasteiger partial charge on any atom is 0.251 e. The van der Waals surface area contributed by atoms with Gasteiger partial charge in [0, 0.05) is 25.2 Å². The molecule has 2 rings (SSSR count). The van der Waals surface area contributed by atoms with Gasteiger partial charge in [-0.25, -0.2) is 0 Å². The molecule has 4 nitrogen and oxygen atoms in total. The first-order valence-electron chi connectivity index (χ1n) is 8.65. The number of carbonyl (C=O) groups is 1. The lowest BCUT2D eigenvalue weighted by molar-refractivity contribution is 0.0816. The van der Waals surface area contributed by atoms with Crippen LogP contribution >= 0.6 is 0 Å². The molecule has 1 saturated heterocycles. The first kappa shape index (κ1) is 18.0. The standard InChI is InChI=1S/C19H30N2O2/c1-19(2,3)16-7-5-15(6-8-16)18(23)20-11-4-12-21-13-9-17(22)10-14-21/h5-8,17,22H,4,9-14H2,1-3H3,(H,20,23). The van der Waals surface area contributed by atoms with Gasteiger partial charge < -0.3 is 15.3 Å². The first-order valence-corrected chi connectivity index (χ1v) is 8.65. The second-order valence-corrected chi connectivity index (χ2v) is 7.51. The molecule has 0 aromatic heterocycles. The van der Waals surface area contributed by atoms with Crippen molar-refractivity contribution in [3.05, 3.63) is 35.4 Å². The minimum atomic E-state index is -0.123. The number of rotatable bonds is 5. The Morgan fingerprint density at radius 1 is 1.22 bits per heavy atom. The van der Waals surface area contributed by atoms with Crippen LogP contribution in [0, 0.1) is 0 Å². The van der Waals surface area contributed by atoms with Crippen molar-refractivity contribution in [3.8, 4) is 0 Å². The molecule has 0 bridgehead atoms. The summed E-state index contributed by atoms with van der Waals surface area (Å²) in [6, 6.07) is 7.88. The molecule has 1 aromatic rings. The molecule has 0 atom stereocenters. The van der Waals surface area contributed by atoms with E-state index in [4.69, 9.17) is 0 Å². The van der Waals surface area contributed by atoms with Crippen molar-refractivity contribution < 1.29 is 9.90 Å². The van der Waals surface area contributed by atoms with Crippen molar-refractivity contribution >= 4 is 5.91 Å². The number of amides is 1. The molecular weight excluding hydrogens is 288 g/mol. The molecule has 0 aliphatic carbocycles. The fraction of sp³-hybridized carbons (Fsp3) is 0.632. The lowest BCUT2D eigenvalue weighted by Gasteiger charge is -2.29. The summed E-state index contributed by atoms with van der Waals surface area (Å²) in [5.74, 6) is -0.000439. The summed E-state index contributed by atoms with van der Waals surface area (Å²) < 4.78 is 0. The summed E-state index contributed by atoms with van der Waals surface area (Å²) in [6.45, 7) is 10.1. The molecule has 0 spiro atoms. The highest BCUT2D eigenvalue weighted by Gasteiger charge is 2.16. The van der Waals surface area contributed by atoms with E-state index in [1.807, 2.05) is 24.3 Å². The van der Waals surface area contributed by atoms with Gasteiger partial charge in [-0.2, -0.15) is 0 Å². The number of nitrogens with one attached hydrogen (secondary N) is 1. The first-order chi connectivity index (χ1) is 10.9. The third-order valence-corrected chi connectivity index (χ3v) is 4.51. The minimum Gasteiger partial charge on any atom is -0.393 e. The van der Waals surface area contributed by atoms with Crippen LogP contribution in [-0.4, -0.2) is 48.2 Å². The molecule has 23 heavy (non-hydrogen) atoms. The lowest BCUT2D eigenvalue weighted by atomic mass is 9.87. The highest BCUT2D eigenvalue weighted by molar-refractivity contribution is 5.94. The monoisotopic (exact) mass is 318 g/mol.